The molecule has 78 valence electrons. The molecule has 0 bridgehead atoms. The van der Waals surface area contributed by atoms with E-state index in [0.29, 0.717) is 6.42 Å². The van der Waals surface area contributed by atoms with Gasteiger partial charge in [-0.15, -0.1) is 0 Å². The monoisotopic (exact) mass is 198 g/mol. The van der Waals surface area contributed by atoms with Crippen LogP contribution in [0.3, 0.4) is 0 Å². The Morgan fingerprint density at radius 3 is 2.43 bits per heavy atom. The summed E-state index contributed by atoms with van der Waals surface area (Å²) in [7, 11) is 0. The van der Waals surface area contributed by atoms with Gasteiger partial charge in [0.1, 0.15) is 17.1 Å². The Morgan fingerprint density at radius 1 is 1.50 bits per heavy atom. The molecule has 0 aromatic carbocycles. The fourth-order valence-corrected chi connectivity index (χ4v) is 1.13. The maximum absolute atomic E-state index is 11.3. The first-order chi connectivity index (χ1) is 6.36. The second-order valence-corrected chi connectivity index (χ2v) is 3.67. The van der Waals surface area contributed by atoms with Crippen LogP contribution in [0.4, 0.5) is 0 Å². The van der Waals surface area contributed by atoms with Crippen molar-refractivity contribution in [3.63, 3.8) is 0 Å². The fourth-order valence-electron chi connectivity index (χ4n) is 1.13. The third kappa shape index (κ3) is 1.96. The minimum atomic E-state index is -1.26. The minimum Gasteiger partial charge on any atom is -0.507 e. The minimum absolute atomic E-state index is 0.0669. The zero-order valence-corrected chi connectivity index (χ0v) is 8.50. The second-order valence-electron chi connectivity index (χ2n) is 3.67. The van der Waals surface area contributed by atoms with Crippen molar-refractivity contribution in [2.45, 2.75) is 32.8 Å². The molecule has 0 unspecified atom stereocenters. The van der Waals surface area contributed by atoms with Gasteiger partial charge in [-0.05, 0) is 20.3 Å². The molecule has 1 aromatic rings. The Balaban J connectivity index is 3.36. The predicted molar refractivity (Wildman–Crippen MR) is 51.3 cm³/mol. The highest BCUT2D eigenvalue weighted by Crippen LogP contribution is 2.23. The van der Waals surface area contributed by atoms with Gasteiger partial charge < -0.3 is 14.6 Å². The van der Waals surface area contributed by atoms with E-state index in [0.717, 1.165) is 0 Å². The molecule has 1 aromatic heterocycles. The number of aliphatic hydroxyl groups is 1. The van der Waals surface area contributed by atoms with Gasteiger partial charge in [0.15, 0.2) is 0 Å². The quantitative estimate of drug-likeness (QED) is 0.747. The Kier molecular flexibility index (Phi) is 2.66. The lowest BCUT2D eigenvalue weighted by atomic mass is 10.0. The largest absolute Gasteiger partial charge is 0.507 e. The van der Waals surface area contributed by atoms with E-state index >= 15 is 0 Å². The molecule has 0 spiro atoms. The first kappa shape index (κ1) is 10.8. The van der Waals surface area contributed by atoms with Crippen molar-refractivity contribution in [1.82, 2.24) is 0 Å². The molecule has 0 aliphatic rings. The normalized spacial score (nSPS) is 11.7. The molecule has 0 radical (unpaired) electrons. The predicted octanol–water partition coefficient (Wildman–Crippen LogP) is 1.14. The average molecular weight is 198 g/mol. The molecule has 4 nitrogen and oxygen atoms in total. The summed E-state index contributed by atoms with van der Waals surface area (Å²) in [4.78, 5) is 11.3. The summed E-state index contributed by atoms with van der Waals surface area (Å²) in [5.41, 5.74) is -1.62. The molecule has 4 heteroatoms. The molecule has 0 aliphatic carbocycles. The Bertz CT molecular complexity index is 384. The van der Waals surface area contributed by atoms with Crippen LogP contribution in [0.1, 0.15) is 32.1 Å². The lowest BCUT2D eigenvalue weighted by molar-refractivity contribution is 0.0499. The van der Waals surface area contributed by atoms with Crippen LogP contribution in [0.25, 0.3) is 0 Å². The van der Waals surface area contributed by atoms with Crippen LogP contribution in [-0.4, -0.2) is 10.2 Å². The number of aromatic hydroxyl groups is 1. The molecular weight excluding hydrogens is 184 g/mol. The lowest BCUT2D eigenvalue weighted by Gasteiger charge is -2.15. The van der Waals surface area contributed by atoms with Crippen molar-refractivity contribution < 1.29 is 14.6 Å². The molecular formula is C10H14O4. The molecule has 0 amide bonds. The summed E-state index contributed by atoms with van der Waals surface area (Å²) >= 11 is 0. The van der Waals surface area contributed by atoms with E-state index in [2.05, 4.69) is 0 Å². The first-order valence-corrected chi connectivity index (χ1v) is 4.45. The SMILES string of the molecule is CCc1c(O)cc(C(C)(C)O)oc1=O. The lowest BCUT2D eigenvalue weighted by Crippen LogP contribution is -2.19. The summed E-state index contributed by atoms with van der Waals surface area (Å²) in [6.07, 6.45) is 0.403. The van der Waals surface area contributed by atoms with Gasteiger partial charge in [-0.25, -0.2) is 4.79 Å². The van der Waals surface area contributed by atoms with Gasteiger partial charge >= 0.3 is 5.63 Å². The van der Waals surface area contributed by atoms with Crippen LogP contribution in [0.2, 0.25) is 0 Å². The van der Waals surface area contributed by atoms with Gasteiger partial charge in [0.25, 0.3) is 0 Å². The second kappa shape index (κ2) is 3.46. The summed E-state index contributed by atoms with van der Waals surface area (Å²) in [6, 6.07) is 1.28. The van der Waals surface area contributed by atoms with E-state index in [1.165, 1.54) is 19.9 Å². The Hall–Kier alpha value is -1.29. The van der Waals surface area contributed by atoms with Crippen molar-refractivity contribution in [1.29, 1.82) is 0 Å². The van der Waals surface area contributed by atoms with E-state index in [1.54, 1.807) is 6.92 Å². The number of hydrogen-bond acceptors (Lipinski definition) is 4. The van der Waals surface area contributed by atoms with Gasteiger partial charge in [-0.3, -0.25) is 0 Å². The molecule has 0 saturated carbocycles. The summed E-state index contributed by atoms with van der Waals surface area (Å²) < 4.78 is 4.88. The zero-order valence-electron chi connectivity index (χ0n) is 8.50. The van der Waals surface area contributed by atoms with Crippen molar-refractivity contribution in [3.05, 3.63) is 27.8 Å². The van der Waals surface area contributed by atoms with Gasteiger partial charge in [0.2, 0.25) is 0 Å². The molecule has 1 heterocycles. The smallest absolute Gasteiger partial charge is 0.342 e. The number of hydrogen-bond donors (Lipinski definition) is 2. The van der Waals surface area contributed by atoms with Gasteiger partial charge in [0.05, 0.1) is 5.56 Å². The summed E-state index contributed by atoms with van der Waals surface area (Å²) in [6.45, 7) is 4.71. The molecule has 0 saturated heterocycles. The van der Waals surface area contributed by atoms with Crippen molar-refractivity contribution in [3.8, 4) is 5.75 Å². The third-order valence-electron chi connectivity index (χ3n) is 1.98. The highest BCUT2D eigenvalue weighted by atomic mass is 16.4. The summed E-state index contributed by atoms with van der Waals surface area (Å²) in [5, 5.41) is 19.0. The van der Waals surface area contributed by atoms with Gasteiger partial charge in [0, 0.05) is 6.07 Å². The average Bonchev–Trinajstić information content (AvgIpc) is 2.01. The van der Waals surface area contributed by atoms with Crippen LogP contribution < -0.4 is 5.63 Å². The van der Waals surface area contributed by atoms with E-state index < -0.39 is 11.2 Å². The molecule has 2 N–H and O–H groups in total. The Morgan fingerprint density at radius 2 is 2.07 bits per heavy atom. The van der Waals surface area contributed by atoms with Gasteiger partial charge in [-0.1, -0.05) is 6.92 Å². The van der Waals surface area contributed by atoms with E-state index in [4.69, 9.17) is 4.42 Å². The van der Waals surface area contributed by atoms with E-state index in [-0.39, 0.29) is 17.1 Å². The van der Waals surface area contributed by atoms with Crippen LogP contribution in [-0.2, 0) is 12.0 Å². The molecule has 0 atom stereocenters. The highest BCUT2D eigenvalue weighted by molar-refractivity contribution is 5.31. The van der Waals surface area contributed by atoms with Crippen LogP contribution in [0.5, 0.6) is 5.75 Å². The van der Waals surface area contributed by atoms with Gasteiger partial charge in [-0.2, -0.15) is 0 Å². The first-order valence-electron chi connectivity index (χ1n) is 4.45. The standard InChI is InChI=1S/C10H14O4/c1-4-6-7(11)5-8(10(2,3)13)14-9(6)12/h5,11,13H,4H2,1-3H3. The fraction of sp³-hybridized carbons (Fsp3) is 0.500. The summed E-state index contributed by atoms with van der Waals surface area (Å²) in [5.74, 6) is -0.0573. The van der Waals surface area contributed by atoms with Crippen molar-refractivity contribution in [2.24, 2.45) is 0 Å². The maximum Gasteiger partial charge on any atom is 0.342 e. The molecule has 0 fully saturated rings. The zero-order chi connectivity index (χ0) is 10.9. The molecule has 1 rings (SSSR count). The Labute approximate surface area is 81.8 Å². The topological polar surface area (TPSA) is 70.7 Å². The van der Waals surface area contributed by atoms with E-state index in [1.807, 2.05) is 0 Å². The van der Waals surface area contributed by atoms with Crippen molar-refractivity contribution in [2.75, 3.05) is 0 Å². The van der Waals surface area contributed by atoms with Crippen molar-refractivity contribution >= 4 is 0 Å². The van der Waals surface area contributed by atoms with Crippen LogP contribution in [0.15, 0.2) is 15.3 Å². The van der Waals surface area contributed by atoms with Crippen LogP contribution in [0, 0.1) is 0 Å². The molecule has 14 heavy (non-hydrogen) atoms. The van der Waals surface area contributed by atoms with Crippen LogP contribution >= 0.6 is 0 Å². The number of rotatable bonds is 2. The maximum atomic E-state index is 11.3. The third-order valence-corrected chi connectivity index (χ3v) is 1.98. The highest BCUT2D eigenvalue weighted by Gasteiger charge is 2.22. The molecule has 0 aliphatic heterocycles. The van der Waals surface area contributed by atoms with E-state index in [9.17, 15) is 15.0 Å².